The maximum Gasteiger partial charge on any atom is 0.151 e. The van der Waals surface area contributed by atoms with Crippen molar-refractivity contribution in [2.75, 3.05) is 23.7 Å². The maximum atomic E-state index is 5.96. The van der Waals surface area contributed by atoms with Gasteiger partial charge in [-0.05, 0) is 30.7 Å². The third kappa shape index (κ3) is 1.63. The highest BCUT2D eigenvalue weighted by Gasteiger charge is 2.36. The summed E-state index contributed by atoms with van der Waals surface area (Å²) in [6, 6.07) is 1.79. The average molecular weight is 238 g/mol. The highest BCUT2D eigenvalue weighted by molar-refractivity contribution is 6.30. The second-order valence-electron chi connectivity index (χ2n) is 4.92. The van der Waals surface area contributed by atoms with Gasteiger partial charge in [0, 0.05) is 19.3 Å². The Balaban J connectivity index is 1.83. The molecule has 2 fully saturated rings. The second kappa shape index (κ2) is 3.81. The van der Waals surface area contributed by atoms with Gasteiger partial charge in [0.25, 0.3) is 0 Å². The molecular formula is C12H16ClN3. The molecule has 2 unspecified atom stereocenters. The van der Waals surface area contributed by atoms with Crippen LogP contribution in [0.25, 0.3) is 0 Å². The zero-order chi connectivity index (χ0) is 11.1. The van der Waals surface area contributed by atoms with Gasteiger partial charge in [-0.25, -0.2) is 4.98 Å². The van der Waals surface area contributed by atoms with Crippen molar-refractivity contribution in [1.29, 1.82) is 0 Å². The smallest absolute Gasteiger partial charge is 0.151 e. The summed E-state index contributed by atoms with van der Waals surface area (Å²) in [7, 11) is 0. The van der Waals surface area contributed by atoms with Gasteiger partial charge in [0.05, 0.1) is 10.7 Å². The lowest BCUT2D eigenvalue weighted by Gasteiger charge is -2.19. The largest absolute Gasteiger partial charge is 0.396 e. The Morgan fingerprint density at radius 2 is 2.00 bits per heavy atom. The van der Waals surface area contributed by atoms with Crippen molar-refractivity contribution in [1.82, 2.24) is 4.98 Å². The van der Waals surface area contributed by atoms with Crippen LogP contribution in [-0.2, 0) is 0 Å². The van der Waals surface area contributed by atoms with E-state index >= 15 is 0 Å². The molecule has 86 valence electrons. The lowest BCUT2D eigenvalue weighted by Crippen LogP contribution is -2.22. The van der Waals surface area contributed by atoms with Crippen molar-refractivity contribution in [3.63, 3.8) is 0 Å². The summed E-state index contributed by atoms with van der Waals surface area (Å²) in [5.74, 6) is 2.63. The van der Waals surface area contributed by atoms with Gasteiger partial charge in [0.1, 0.15) is 0 Å². The van der Waals surface area contributed by atoms with Crippen molar-refractivity contribution < 1.29 is 0 Å². The number of fused-ring (bicyclic) bond motifs is 1. The molecule has 1 saturated heterocycles. The van der Waals surface area contributed by atoms with E-state index in [0.717, 1.165) is 30.7 Å². The lowest BCUT2D eigenvalue weighted by molar-refractivity contribution is 0.494. The van der Waals surface area contributed by atoms with Crippen LogP contribution in [0.2, 0.25) is 5.02 Å². The van der Waals surface area contributed by atoms with Crippen LogP contribution < -0.4 is 10.6 Å². The summed E-state index contributed by atoms with van der Waals surface area (Å²) in [5.41, 5.74) is 6.66. The number of nitrogen functional groups attached to an aromatic ring is 1. The van der Waals surface area contributed by atoms with E-state index in [1.807, 2.05) is 0 Å². The summed E-state index contributed by atoms with van der Waals surface area (Å²) < 4.78 is 0. The number of nitrogens with zero attached hydrogens (tertiary/aromatic N) is 2. The van der Waals surface area contributed by atoms with E-state index in [1.165, 1.54) is 19.3 Å². The summed E-state index contributed by atoms with van der Waals surface area (Å²) >= 11 is 5.86. The standard InChI is InChI=1S/C12H16ClN3/c13-10-4-11(14)12(15-5-10)16-6-8-2-1-3-9(8)7-16/h4-5,8-9H,1-3,6-7,14H2. The van der Waals surface area contributed by atoms with Crippen LogP contribution in [0.15, 0.2) is 12.3 Å². The lowest BCUT2D eigenvalue weighted by atomic mass is 10.0. The first-order chi connectivity index (χ1) is 7.74. The van der Waals surface area contributed by atoms with Crippen LogP contribution >= 0.6 is 11.6 Å². The van der Waals surface area contributed by atoms with Crippen molar-refractivity contribution in [2.24, 2.45) is 11.8 Å². The second-order valence-corrected chi connectivity index (χ2v) is 5.36. The Morgan fingerprint density at radius 1 is 1.31 bits per heavy atom. The number of anilines is 2. The molecule has 0 bridgehead atoms. The molecule has 1 aromatic heterocycles. The summed E-state index contributed by atoms with van der Waals surface area (Å²) in [6.07, 6.45) is 5.82. The monoisotopic (exact) mass is 237 g/mol. The van der Waals surface area contributed by atoms with E-state index in [1.54, 1.807) is 12.3 Å². The predicted octanol–water partition coefficient (Wildman–Crippen LogP) is 2.55. The Hall–Kier alpha value is -0.960. The number of hydrogen-bond acceptors (Lipinski definition) is 3. The van der Waals surface area contributed by atoms with Crippen LogP contribution in [0.5, 0.6) is 0 Å². The van der Waals surface area contributed by atoms with Gasteiger partial charge >= 0.3 is 0 Å². The van der Waals surface area contributed by atoms with E-state index in [2.05, 4.69) is 9.88 Å². The molecule has 2 aliphatic rings. The van der Waals surface area contributed by atoms with Crippen molar-refractivity contribution in [3.05, 3.63) is 17.3 Å². The Bertz CT molecular complexity index is 395. The molecule has 0 amide bonds. The number of nitrogens with two attached hydrogens (primary N) is 1. The van der Waals surface area contributed by atoms with Crippen LogP contribution in [0.1, 0.15) is 19.3 Å². The van der Waals surface area contributed by atoms with Crippen LogP contribution in [0.4, 0.5) is 11.5 Å². The van der Waals surface area contributed by atoms with Gasteiger partial charge in [-0.3, -0.25) is 0 Å². The first kappa shape index (κ1) is 10.2. The molecule has 0 aromatic carbocycles. The summed E-state index contributed by atoms with van der Waals surface area (Å²) in [6.45, 7) is 2.23. The van der Waals surface area contributed by atoms with Crippen LogP contribution in [0, 0.1) is 11.8 Å². The third-order valence-electron chi connectivity index (χ3n) is 3.89. The fraction of sp³-hybridized carbons (Fsp3) is 0.583. The van der Waals surface area contributed by atoms with Gasteiger partial charge in [0.15, 0.2) is 5.82 Å². The first-order valence-electron chi connectivity index (χ1n) is 5.90. The molecule has 1 saturated carbocycles. The Kier molecular flexibility index (Phi) is 2.43. The quantitative estimate of drug-likeness (QED) is 0.816. The maximum absolute atomic E-state index is 5.96. The normalized spacial score (nSPS) is 28.4. The fourth-order valence-corrected chi connectivity index (χ4v) is 3.29. The first-order valence-corrected chi connectivity index (χ1v) is 6.28. The number of rotatable bonds is 1. The topological polar surface area (TPSA) is 42.1 Å². The van der Waals surface area contributed by atoms with Crippen LogP contribution in [0.3, 0.4) is 0 Å². The van der Waals surface area contributed by atoms with E-state index in [4.69, 9.17) is 17.3 Å². The van der Waals surface area contributed by atoms with E-state index in [9.17, 15) is 0 Å². The van der Waals surface area contributed by atoms with E-state index < -0.39 is 0 Å². The van der Waals surface area contributed by atoms with Gasteiger partial charge in [-0.15, -0.1) is 0 Å². The molecule has 2 atom stereocenters. The summed E-state index contributed by atoms with van der Waals surface area (Å²) in [4.78, 5) is 6.68. The molecule has 3 nitrogen and oxygen atoms in total. The van der Waals surface area contributed by atoms with Gasteiger partial charge < -0.3 is 10.6 Å². The molecule has 1 aromatic rings. The molecule has 0 spiro atoms. The SMILES string of the molecule is Nc1cc(Cl)cnc1N1CC2CCCC2C1. The van der Waals surface area contributed by atoms with Crippen LogP contribution in [-0.4, -0.2) is 18.1 Å². The minimum Gasteiger partial charge on any atom is -0.396 e. The van der Waals surface area contributed by atoms with Gasteiger partial charge in [-0.2, -0.15) is 0 Å². The minimum atomic E-state index is 0.612. The molecule has 1 aliphatic heterocycles. The molecule has 2 heterocycles. The summed E-state index contributed by atoms with van der Waals surface area (Å²) in [5, 5.41) is 0.612. The molecular weight excluding hydrogens is 222 g/mol. The van der Waals surface area contributed by atoms with E-state index in [0.29, 0.717) is 10.7 Å². The Morgan fingerprint density at radius 3 is 2.62 bits per heavy atom. The number of pyridine rings is 1. The van der Waals surface area contributed by atoms with Crippen molar-refractivity contribution >= 4 is 23.1 Å². The highest BCUT2D eigenvalue weighted by atomic mass is 35.5. The van der Waals surface area contributed by atoms with Gasteiger partial charge in [-0.1, -0.05) is 18.0 Å². The van der Waals surface area contributed by atoms with Gasteiger partial charge in [0.2, 0.25) is 0 Å². The van der Waals surface area contributed by atoms with E-state index in [-0.39, 0.29) is 0 Å². The van der Waals surface area contributed by atoms with Crippen molar-refractivity contribution in [3.8, 4) is 0 Å². The molecule has 1 aliphatic carbocycles. The molecule has 2 N–H and O–H groups in total. The predicted molar refractivity (Wildman–Crippen MR) is 66.7 cm³/mol. The highest BCUT2D eigenvalue weighted by Crippen LogP contribution is 2.40. The fourth-order valence-electron chi connectivity index (χ4n) is 3.12. The van der Waals surface area contributed by atoms with Crippen molar-refractivity contribution in [2.45, 2.75) is 19.3 Å². The third-order valence-corrected chi connectivity index (χ3v) is 4.09. The number of aromatic nitrogens is 1. The molecule has 16 heavy (non-hydrogen) atoms. The average Bonchev–Trinajstić information content (AvgIpc) is 2.76. The minimum absolute atomic E-state index is 0.612. The molecule has 0 radical (unpaired) electrons. The zero-order valence-electron chi connectivity index (χ0n) is 9.19. The Labute approximate surface area is 101 Å². The number of halogens is 1. The number of hydrogen-bond donors (Lipinski definition) is 1. The zero-order valence-corrected chi connectivity index (χ0v) is 9.95. The molecule has 4 heteroatoms. The molecule has 3 rings (SSSR count).